The van der Waals surface area contributed by atoms with Crippen molar-refractivity contribution in [2.45, 2.75) is 88.3 Å². The van der Waals surface area contributed by atoms with E-state index in [1.165, 1.54) is 37.7 Å². The molecule has 164 valence electrons. The van der Waals surface area contributed by atoms with Gasteiger partial charge in [-0.1, -0.05) is 42.5 Å². The van der Waals surface area contributed by atoms with Gasteiger partial charge in [-0.25, -0.2) is 0 Å². The fourth-order valence-electron chi connectivity index (χ4n) is 7.52. The predicted octanol–water partition coefficient (Wildman–Crippen LogP) is 4.23. The Kier molecular flexibility index (Phi) is 5.68. The molecule has 0 aromatic heterocycles. The normalized spacial score (nSPS) is 42.3. The minimum Gasteiger partial charge on any atom is -0.376 e. The van der Waals surface area contributed by atoms with Crippen LogP contribution in [-0.2, 0) is 10.3 Å². The summed E-state index contributed by atoms with van der Waals surface area (Å²) >= 11 is 6.19. The Morgan fingerprint density at radius 1 is 1.07 bits per heavy atom. The maximum Gasteiger partial charge on any atom is 0.0818 e. The van der Waals surface area contributed by atoms with E-state index in [1.54, 1.807) is 0 Å². The molecule has 0 saturated heterocycles. The van der Waals surface area contributed by atoms with Gasteiger partial charge in [-0.2, -0.15) is 5.48 Å². The summed E-state index contributed by atoms with van der Waals surface area (Å²) in [7, 11) is 0. The van der Waals surface area contributed by atoms with Crippen molar-refractivity contribution in [3.8, 4) is 0 Å². The quantitative estimate of drug-likeness (QED) is 0.468. The van der Waals surface area contributed by atoms with Gasteiger partial charge in [0, 0.05) is 23.5 Å². The third-order valence-electron chi connectivity index (χ3n) is 8.64. The number of nitrogens with two attached hydrogens (primary N) is 1. The molecule has 4 bridgehead atoms. The molecule has 4 nitrogen and oxygen atoms in total. The van der Waals surface area contributed by atoms with Crippen molar-refractivity contribution in [1.29, 1.82) is 0 Å². The van der Waals surface area contributed by atoms with Crippen molar-refractivity contribution >= 4 is 17.2 Å². The monoisotopic (exact) mass is 427 g/mol. The summed E-state index contributed by atoms with van der Waals surface area (Å²) in [5.41, 5.74) is 11.5. The Hall–Kier alpha value is -1.01. The van der Waals surface area contributed by atoms with Crippen LogP contribution >= 0.6 is 12.2 Å². The fraction of sp³-hybridized carbons (Fsp3) is 0.720. The van der Waals surface area contributed by atoms with Crippen LogP contribution in [0.3, 0.4) is 0 Å². The molecular weight excluding hydrogens is 390 g/mol. The number of hydrogen-bond acceptors (Lipinski definition) is 4. The highest BCUT2D eigenvalue weighted by Gasteiger charge is 2.63. The van der Waals surface area contributed by atoms with E-state index in [-0.39, 0.29) is 10.8 Å². The van der Waals surface area contributed by atoms with Crippen molar-refractivity contribution in [3.63, 3.8) is 0 Å². The van der Waals surface area contributed by atoms with E-state index in [0.29, 0.717) is 36.6 Å². The molecule has 2 unspecified atom stereocenters. The van der Waals surface area contributed by atoms with Gasteiger partial charge >= 0.3 is 0 Å². The molecule has 5 heteroatoms. The average Bonchev–Trinajstić information content (AvgIpc) is 2.75. The molecule has 0 amide bonds. The van der Waals surface area contributed by atoms with Crippen LogP contribution in [0.2, 0.25) is 0 Å². The lowest BCUT2D eigenvalue weighted by molar-refractivity contribution is -0.111. The van der Waals surface area contributed by atoms with Crippen LogP contribution in [0, 0.1) is 17.3 Å². The van der Waals surface area contributed by atoms with Crippen LogP contribution < -0.4 is 16.5 Å². The molecule has 4 N–H and O–H groups in total. The summed E-state index contributed by atoms with van der Waals surface area (Å²) in [4.78, 5) is 6.86. The van der Waals surface area contributed by atoms with Gasteiger partial charge in [0.15, 0.2) is 0 Å². The van der Waals surface area contributed by atoms with Crippen molar-refractivity contribution in [2.75, 3.05) is 6.61 Å². The Morgan fingerprint density at radius 2 is 1.73 bits per heavy atom. The second kappa shape index (κ2) is 8.16. The zero-order chi connectivity index (χ0) is 20.8. The zero-order valence-electron chi connectivity index (χ0n) is 18.2. The van der Waals surface area contributed by atoms with Gasteiger partial charge in [-0.05, 0) is 87.5 Å². The van der Waals surface area contributed by atoms with Gasteiger partial charge < -0.3 is 15.9 Å². The topological polar surface area (TPSA) is 59.3 Å². The number of thiocarbonyl (C=S) groups is 1. The Balaban J connectivity index is 1.41. The lowest BCUT2D eigenvalue weighted by Gasteiger charge is -2.65. The number of nitrogens with one attached hydrogen (secondary N) is 2. The number of benzene rings is 1. The summed E-state index contributed by atoms with van der Waals surface area (Å²) in [6.07, 6.45) is 10.6. The van der Waals surface area contributed by atoms with E-state index in [0.717, 1.165) is 30.7 Å². The highest BCUT2D eigenvalue weighted by Crippen LogP contribution is 2.66. The lowest BCUT2D eigenvalue weighted by atomic mass is 9.41. The first-order chi connectivity index (χ1) is 14.5. The van der Waals surface area contributed by atoms with E-state index in [2.05, 4.69) is 48.1 Å². The Labute approximate surface area is 186 Å². The smallest absolute Gasteiger partial charge is 0.0818 e. The molecule has 0 aliphatic heterocycles. The highest BCUT2D eigenvalue weighted by atomic mass is 32.1. The molecule has 1 aromatic carbocycles. The standard InChI is InChI=1S/C25H37N3OS/c1-2-29-28-22-17-12-24(19-6-4-3-5-7-19)13-18(22)15-25(14-17,16-24)23(30)27-21-10-8-20(26)9-11-21/h3-7,17-18,20-22,28H,2,8-16,26H2,1H3,(H,27,30)/t17?,18?,20-,21-,22?,24?,25?. The summed E-state index contributed by atoms with van der Waals surface area (Å²) in [6, 6.07) is 12.6. The van der Waals surface area contributed by atoms with Crippen LogP contribution in [0.15, 0.2) is 30.3 Å². The van der Waals surface area contributed by atoms with Gasteiger partial charge in [-0.15, -0.1) is 0 Å². The van der Waals surface area contributed by atoms with E-state index in [9.17, 15) is 0 Å². The molecule has 1 aromatic rings. The number of rotatable bonds is 6. The fourth-order valence-corrected chi connectivity index (χ4v) is 7.92. The minimum absolute atomic E-state index is 0.140. The molecule has 30 heavy (non-hydrogen) atoms. The van der Waals surface area contributed by atoms with Crippen LogP contribution in [-0.4, -0.2) is 29.7 Å². The lowest BCUT2D eigenvalue weighted by Crippen LogP contribution is -2.66. The molecule has 5 aliphatic rings. The summed E-state index contributed by atoms with van der Waals surface area (Å²) in [5, 5.41) is 3.85. The van der Waals surface area contributed by atoms with E-state index >= 15 is 0 Å². The second-order valence-electron chi connectivity index (χ2n) is 10.6. The van der Waals surface area contributed by atoms with E-state index in [4.69, 9.17) is 22.8 Å². The number of hydroxylamine groups is 1. The first-order valence-corrected chi connectivity index (χ1v) is 12.4. The SMILES string of the molecule is CCONC1C2CC3(C(=S)N[C@H]4CC[C@H](N)CC4)CC1CC(c1ccccc1)(C2)C3. The Morgan fingerprint density at radius 3 is 2.37 bits per heavy atom. The Bertz CT molecular complexity index is 745. The first kappa shape index (κ1) is 20.9. The molecule has 0 radical (unpaired) electrons. The summed E-state index contributed by atoms with van der Waals surface area (Å²) in [6.45, 7) is 2.78. The third kappa shape index (κ3) is 3.62. The van der Waals surface area contributed by atoms with Crippen LogP contribution in [0.1, 0.15) is 70.3 Å². The van der Waals surface area contributed by atoms with Crippen molar-refractivity contribution in [3.05, 3.63) is 35.9 Å². The summed E-state index contributed by atoms with van der Waals surface area (Å²) in [5.74, 6) is 1.25. The molecule has 0 spiro atoms. The molecule has 0 heterocycles. The molecule has 2 atom stereocenters. The molecule has 6 rings (SSSR count). The number of hydrogen-bond donors (Lipinski definition) is 3. The van der Waals surface area contributed by atoms with Gasteiger partial charge in [0.2, 0.25) is 0 Å². The highest BCUT2D eigenvalue weighted by molar-refractivity contribution is 7.80. The molecule has 5 aliphatic carbocycles. The van der Waals surface area contributed by atoms with E-state index < -0.39 is 0 Å². The molecule has 5 saturated carbocycles. The summed E-state index contributed by atoms with van der Waals surface area (Å²) < 4.78 is 0. The third-order valence-corrected chi connectivity index (χ3v) is 9.19. The van der Waals surface area contributed by atoms with Gasteiger partial charge in [0.25, 0.3) is 0 Å². The van der Waals surface area contributed by atoms with Crippen molar-refractivity contribution < 1.29 is 4.84 Å². The minimum atomic E-state index is 0.140. The van der Waals surface area contributed by atoms with Crippen LogP contribution in [0.25, 0.3) is 0 Å². The van der Waals surface area contributed by atoms with E-state index in [1.807, 2.05) is 0 Å². The maximum absolute atomic E-state index is 6.19. The largest absolute Gasteiger partial charge is 0.376 e. The molecule has 5 fully saturated rings. The van der Waals surface area contributed by atoms with Crippen LogP contribution in [0.5, 0.6) is 0 Å². The van der Waals surface area contributed by atoms with Crippen molar-refractivity contribution in [1.82, 2.24) is 10.8 Å². The van der Waals surface area contributed by atoms with Gasteiger partial charge in [0.1, 0.15) is 0 Å². The van der Waals surface area contributed by atoms with Crippen LogP contribution in [0.4, 0.5) is 0 Å². The first-order valence-electron chi connectivity index (χ1n) is 12.0. The maximum atomic E-state index is 6.19. The van der Waals surface area contributed by atoms with Crippen molar-refractivity contribution in [2.24, 2.45) is 23.0 Å². The molecular formula is C25H37N3OS. The van der Waals surface area contributed by atoms with Gasteiger partial charge in [0.05, 0.1) is 11.6 Å². The average molecular weight is 428 g/mol. The second-order valence-corrected chi connectivity index (χ2v) is 11.0. The van der Waals surface area contributed by atoms with Gasteiger partial charge in [-0.3, -0.25) is 0 Å². The zero-order valence-corrected chi connectivity index (χ0v) is 19.1. The predicted molar refractivity (Wildman–Crippen MR) is 125 cm³/mol.